The SMILES string of the molecule is COc1c(CN2CCC(c3cn(Cc4ccoc4)c4ncccc34)CC2)cccc1C(=O)O. The lowest BCUT2D eigenvalue weighted by Gasteiger charge is -2.32. The minimum Gasteiger partial charge on any atom is -0.496 e. The number of hydrogen-bond acceptors (Lipinski definition) is 5. The summed E-state index contributed by atoms with van der Waals surface area (Å²) < 4.78 is 12.9. The summed E-state index contributed by atoms with van der Waals surface area (Å²) in [5, 5.41) is 10.7. The first kappa shape index (κ1) is 21.3. The third-order valence-electron chi connectivity index (χ3n) is 6.55. The van der Waals surface area contributed by atoms with E-state index in [0.29, 0.717) is 18.2 Å². The number of carbonyl (C=O) groups is 1. The second-order valence-corrected chi connectivity index (χ2v) is 8.57. The van der Waals surface area contributed by atoms with Crippen molar-refractivity contribution in [3.63, 3.8) is 0 Å². The van der Waals surface area contributed by atoms with E-state index in [2.05, 4.69) is 26.7 Å². The number of aromatic nitrogens is 2. The van der Waals surface area contributed by atoms with Crippen LogP contribution in [-0.2, 0) is 13.1 Å². The quantitative estimate of drug-likeness (QED) is 0.442. The van der Waals surface area contributed by atoms with E-state index >= 15 is 0 Å². The predicted octanol–water partition coefficient (Wildman–Crippen LogP) is 4.76. The predicted molar refractivity (Wildman–Crippen MR) is 125 cm³/mol. The number of nitrogens with zero attached hydrogens (tertiary/aromatic N) is 3. The highest BCUT2D eigenvalue weighted by Crippen LogP contribution is 2.35. The molecule has 3 aromatic heterocycles. The summed E-state index contributed by atoms with van der Waals surface area (Å²) in [5.74, 6) is -0.0425. The molecule has 1 aliphatic rings. The number of para-hydroxylation sites is 1. The molecule has 1 saturated heterocycles. The number of fused-ring (bicyclic) bond motifs is 1. The number of piperidine rings is 1. The molecule has 1 aliphatic heterocycles. The van der Waals surface area contributed by atoms with E-state index in [0.717, 1.165) is 49.2 Å². The lowest BCUT2D eigenvalue weighted by molar-refractivity contribution is 0.0693. The topological polar surface area (TPSA) is 80.7 Å². The van der Waals surface area contributed by atoms with E-state index in [1.807, 2.05) is 24.4 Å². The van der Waals surface area contributed by atoms with Crippen molar-refractivity contribution in [1.82, 2.24) is 14.5 Å². The maximum atomic E-state index is 11.5. The van der Waals surface area contributed by atoms with Gasteiger partial charge in [0.1, 0.15) is 17.0 Å². The summed E-state index contributed by atoms with van der Waals surface area (Å²) in [6, 6.07) is 11.5. The number of benzene rings is 1. The first-order chi connectivity index (χ1) is 16.1. The van der Waals surface area contributed by atoms with Crippen LogP contribution in [0.4, 0.5) is 0 Å². The second-order valence-electron chi connectivity index (χ2n) is 8.57. The molecule has 33 heavy (non-hydrogen) atoms. The zero-order valence-corrected chi connectivity index (χ0v) is 18.6. The molecule has 4 aromatic rings. The highest BCUT2D eigenvalue weighted by Gasteiger charge is 2.25. The van der Waals surface area contributed by atoms with Crippen molar-refractivity contribution in [2.75, 3.05) is 20.2 Å². The van der Waals surface area contributed by atoms with Crippen molar-refractivity contribution in [3.05, 3.63) is 83.6 Å². The molecule has 0 saturated carbocycles. The lowest BCUT2D eigenvalue weighted by Crippen LogP contribution is -2.32. The van der Waals surface area contributed by atoms with Gasteiger partial charge in [-0.1, -0.05) is 12.1 Å². The molecule has 170 valence electrons. The molecule has 1 N–H and O–H groups in total. The minimum absolute atomic E-state index is 0.211. The highest BCUT2D eigenvalue weighted by atomic mass is 16.5. The summed E-state index contributed by atoms with van der Waals surface area (Å²) in [6.07, 6.45) is 9.66. The molecule has 1 fully saturated rings. The number of methoxy groups -OCH3 is 1. The maximum absolute atomic E-state index is 11.5. The number of pyridine rings is 1. The van der Waals surface area contributed by atoms with Gasteiger partial charge >= 0.3 is 5.97 Å². The van der Waals surface area contributed by atoms with Crippen LogP contribution in [0, 0.1) is 0 Å². The van der Waals surface area contributed by atoms with E-state index in [-0.39, 0.29) is 5.56 Å². The molecular formula is C26H27N3O4. The van der Waals surface area contributed by atoms with Gasteiger partial charge in [0.15, 0.2) is 0 Å². The highest BCUT2D eigenvalue weighted by molar-refractivity contribution is 5.91. The van der Waals surface area contributed by atoms with Crippen molar-refractivity contribution in [2.45, 2.75) is 31.8 Å². The first-order valence-corrected chi connectivity index (χ1v) is 11.2. The van der Waals surface area contributed by atoms with Gasteiger partial charge in [0.05, 0.1) is 26.2 Å². The number of rotatable bonds is 7. The summed E-state index contributed by atoms with van der Waals surface area (Å²) in [7, 11) is 1.53. The zero-order chi connectivity index (χ0) is 22.8. The van der Waals surface area contributed by atoms with Crippen LogP contribution < -0.4 is 4.74 Å². The van der Waals surface area contributed by atoms with Crippen LogP contribution in [0.25, 0.3) is 11.0 Å². The summed E-state index contributed by atoms with van der Waals surface area (Å²) in [6.45, 7) is 3.31. The molecule has 7 heteroatoms. The fourth-order valence-electron chi connectivity index (χ4n) is 4.94. The number of carboxylic acid groups (broad SMARTS) is 1. The Balaban J connectivity index is 1.32. The summed E-state index contributed by atoms with van der Waals surface area (Å²) >= 11 is 0. The normalized spacial score (nSPS) is 15.2. The monoisotopic (exact) mass is 445 g/mol. The van der Waals surface area contributed by atoms with Crippen LogP contribution in [0.5, 0.6) is 5.75 Å². The van der Waals surface area contributed by atoms with E-state index in [1.165, 1.54) is 18.1 Å². The van der Waals surface area contributed by atoms with E-state index in [9.17, 15) is 9.90 Å². The van der Waals surface area contributed by atoms with Gasteiger partial charge in [-0.3, -0.25) is 4.90 Å². The Morgan fingerprint density at radius 3 is 2.76 bits per heavy atom. The Morgan fingerprint density at radius 1 is 1.18 bits per heavy atom. The average molecular weight is 446 g/mol. The molecule has 5 rings (SSSR count). The molecule has 0 bridgehead atoms. The maximum Gasteiger partial charge on any atom is 0.339 e. The molecule has 0 unspecified atom stereocenters. The molecule has 1 aromatic carbocycles. The van der Waals surface area contributed by atoms with Crippen LogP contribution in [-0.4, -0.2) is 45.7 Å². The molecule has 0 amide bonds. The van der Waals surface area contributed by atoms with Crippen molar-refractivity contribution in [2.24, 2.45) is 0 Å². The number of aromatic carboxylic acids is 1. The first-order valence-electron chi connectivity index (χ1n) is 11.2. The Hall–Kier alpha value is -3.58. The van der Waals surface area contributed by atoms with Crippen LogP contribution in [0.3, 0.4) is 0 Å². The Labute approximate surface area is 192 Å². The van der Waals surface area contributed by atoms with Gasteiger partial charge in [0.2, 0.25) is 0 Å². The Bertz CT molecular complexity index is 1250. The average Bonchev–Trinajstić information content (AvgIpc) is 3.48. The molecule has 4 heterocycles. The third-order valence-corrected chi connectivity index (χ3v) is 6.55. The Morgan fingerprint density at radius 2 is 2.03 bits per heavy atom. The van der Waals surface area contributed by atoms with Gasteiger partial charge in [0.25, 0.3) is 0 Å². The number of ether oxygens (including phenoxy) is 1. The number of furan rings is 1. The van der Waals surface area contributed by atoms with Gasteiger partial charge in [-0.15, -0.1) is 0 Å². The molecule has 7 nitrogen and oxygen atoms in total. The standard InChI is InChI=1S/C26H27N3O4/c1-32-24-20(4-2-5-22(24)26(30)31)15-28-11-7-19(8-12-28)23-16-29(14-18-9-13-33-17-18)25-21(23)6-3-10-27-25/h2-6,9-10,13,16-17,19H,7-8,11-12,14-15H2,1H3,(H,30,31). The third kappa shape index (κ3) is 4.24. The van der Waals surface area contributed by atoms with Crippen molar-refractivity contribution in [3.8, 4) is 5.75 Å². The number of carboxylic acids is 1. The largest absolute Gasteiger partial charge is 0.496 e. The van der Waals surface area contributed by atoms with Gasteiger partial charge in [-0.25, -0.2) is 9.78 Å². The minimum atomic E-state index is -0.965. The fourth-order valence-corrected chi connectivity index (χ4v) is 4.94. The van der Waals surface area contributed by atoms with Crippen molar-refractivity contribution in [1.29, 1.82) is 0 Å². The molecule has 0 spiro atoms. The Kier molecular flexibility index (Phi) is 5.88. The fraction of sp³-hybridized carbons (Fsp3) is 0.308. The van der Waals surface area contributed by atoms with Crippen molar-refractivity contribution >= 4 is 17.0 Å². The van der Waals surface area contributed by atoms with E-state index in [1.54, 1.807) is 24.7 Å². The smallest absolute Gasteiger partial charge is 0.339 e. The zero-order valence-electron chi connectivity index (χ0n) is 18.6. The van der Waals surface area contributed by atoms with Gasteiger partial charge in [-0.05, 0) is 61.7 Å². The van der Waals surface area contributed by atoms with Gasteiger partial charge in [-0.2, -0.15) is 0 Å². The summed E-state index contributed by atoms with van der Waals surface area (Å²) in [5.41, 5.74) is 4.61. The van der Waals surface area contributed by atoms with Crippen LogP contribution in [0.1, 0.15) is 45.8 Å². The van der Waals surface area contributed by atoms with Gasteiger partial charge in [0, 0.05) is 35.5 Å². The molecule has 0 radical (unpaired) electrons. The lowest BCUT2D eigenvalue weighted by atomic mass is 9.89. The van der Waals surface area contributed by atoms with E-state index in [4.69, 9.17) is 9.15 Å². The van der Waals surface area contributed by atoms with Gasteiger partial charge < -0.3 is 18.8 Å². The molecule has 0 aliphatic carbocycles. The van der Waals surface area contributed by atoms with Crippen LogP contribution in [0.15, 0.2) is 65.7 Å². The number of likely N-dealkylation sites (tertiary alicyclic amines) is 1. The van der Waals surface area contributed by atoms with Crippen molar-refractivity contribution < 1.29 is 19.1 Å². The number of hydrogen-bond donors (Lipinski definition) is 1. The second kappa shape index (κ2) is 9.11. The molecule has 0 atom stereocenters. The van der Waals surface area contributed by atoms with E-state index < -0.39 is 5.97 Å². The van der Waals surface area contributed by atoms with Crippen LogP contribution >= 0.6 is 0 Å². The van der Waals surface area contributed by atoms with Crippen LogP contribution in [0.2, 0.25) is 0 Å². The molecular weight excluding hydrogens is 418 g/mol. The summed E-state index contributed by atoms with van der Waals surface area (Å²) in [4.78, 5) is 18.6.